The topological polar surface area (TPSA) is 95.9 Å². The third-order valence-corrected chi connectivity index (χ3v) is 7.71. The van der Waals surface area contributed by atoms with Crippen molar-refractivity contribution < 1.29 is 22.8 Å². The molecule has 3 aliphatic rings. The molecule has 1 aromatic rings. The first kappa shape index (κ1) is 18.1. The third-order valence-electron chi connectivity index (χ3n) is 7.23. The van der Waals surface area contributed by atoms with Gasteiger partial charge in [0.05, 0.1) is 18.9 Å². The predicted octanol–water partition coefficient (Wildman–Crippen LogP) is 3.13. The molecule has 1 aromatic carbocycles. The molecule has 0 heterocycles. The zero-order valence-corrected chi connectivity index (χ0v) is 16.1. The molecule has 26 heavy (non-hydrogen) atoms. The largest absolute Gasteiger partial charge is 0.495 e. The molecular weight excluding hydrogens is 354 g/mol. The van der Waals surface area contributed by atoms with E-state index in [2.05, 4.69) is 11.6 Å². The standard InChI is InChI=1S/C19H27NO5S/c1-19-8-7-12-13(15(19)5-6-18(19)21)4-3-11-9-16(20-26(22,23)24)17(25-2)10-14(11)12/h9-10,12-13,15,18,20-21H,3-8H2,1-2H3,(H,22,23,24)/t12-,13+,15-,18?,19-/m0/s1. The number of nitrogens with one attached hydrogen (secondary N) is 1. The summed E-state index contributed by atoms with van der Waals surface area (Å²) in [5, 5.41) is 10.5. The second-order valence-electron chi connectivity index (χ2n) is 8.38. The lowest BCUT2D eigenvalue weighted by Crippen LogP contribution is -2.43. The number of fused-ring (bicyclic) bond motifs is 5. The van der Waals surface area contributed by atoms with Gasteiger partial charge in [-0.15, -0.1) is 0 Å². The molecule has 0 amide bonds. The average Bonchev–Trinajstić information content (AvgIpc) is 2.88. The van der Waals surface area contributed by atoms with Gasteiger partial charge in [-0.05, 0) is 85.0 Å². The molecule has 144 valence electrons. The van der Waals surface area contributed by atoms with E-state index in [1.165, 1.54) is 12.7 Å². The minimum Gasteiger partial charge on any atom is -0.495 e. The van der Waals surface area contributed by atoms with E-state index in [1.54, 1.807) is 6.07 Å². The van der Waals surface area contributed by atoms with Crippen LogP contribution in [0.1, 0.15) is 56.1 Å². The molecule has 0 spiro atoms. The predicted molar refractivity (Wildman–Crippen MR) is 98.8 cm³/mol. The van der Waals surface area contributed by atoms with Gasteiger partial charge >= 0.3 is 10.3 Å². The fraction of sp³-hybridized carbons (Fsp3) is 0.684. The summed E-state index contributed by atoms with van der Waals surface area (Å²) in [6.45, 7) is 2.25. The minimum atomic E-state index is -4.34. The van der Waals surface area contributed by atoms with E-state index in [0.717, 1.165) is 44.1 Å². The van der Waals surface area contributed by atoms with Crippen LogP contribution in [0.5, 0.6) is 5.75 Å². The quantitative estimate of drug-likeness (QED) is 0.699. The summed E-state index contributed by atoms with van der Waals surface area (Å²) in [5.74, 6) is 1.96. The fourth-order valence-electron chi connectivity index (χ4n) is 5.96. The van der Waals surface area contributed by atoms with E-state index in [1.807, 2.05) is 6.07 Å². The second kappa shape index (κ2) is 6.11. The molecule has 6 nitrogen and oxygen atoms in total. The Morgan fingerprint density at radius 3 is 2.69 bits per heavy atom. The van der Waals surface area contributed by atoms with Crippen LogP contribution < -0.4 is 9.46 Å². The van der Waals surface area contributed by atoms with E-state index in [4.69, 9.17) is 9.29 Å². The highest BCUT2D eigenvalue weighted by atomic mass is 32.2. The molecule has 5 atom stereocenters. The van der Waals surface area contributed by atoms with E-state index in [-0.39, 0.29) is 17.2 Å². The molecule has 0 saturated heterocycles. The van der Waals surface area contributed by atoms with Crippen molar-refractivity contribution >= 4 is 16.0 Å². The number of rotatable bonds is 3. The Bertz CT molecular complexity index is 823. The van der Waals surface area contributed by atoms with Crippen LogP contribution in [0.4, 0.5) is 5.69 Å². The molecule has 2 fully saturated rings. The van der Waals surface area contributed by atoms with Gasteiger partial charge in [-0.1, -0.05) is 6.92 Å². The lowest BCUT2D eigenvalue weighted by Gasteiger charge is -2.50. The van der Waals surface area contributed by atoms with Gasteiger partial charge in [-0.2, -0.15) is 8.42 Å². The zero-order chi connectivity index (χ0) is 18.7. The lowest BCUT2D eigenvalue weighted by atomic mass is 9.55. The van der Waals surface area contributed by atoms with Crippen molar-refractivity contribution in [2.75, 3.05) is 11.8 Å². The van der Waals surface area contributed by atoms with Gasteiger partial charge in [0, 0.05) is 0 Å². The molecule has 7 heteroatoms. The summed E-state index contributed by atoms with van der Waals surface area (Å²) in [5.41, 5.74) is 2.68. The maximum Gasteiger partial charge on any atom is 0.357 e. The Morgan fingerprint density at radius 2 is 2.00 bits per heavy atom. The van der Waals surface area contributed by atoms with Gasteiger partial charge < -0.3 is 9.84 Å². The third kappa shape index (κ3) is 2.80. The summed E-state index contributed by atoms with van der Waals surface area (Å²) in [6, 6.07) is 3.74. The number of hydrogen-bond donors (Lipinski definition) is 3. The van der Waals surface area contributed by atoms with Gasteiger partial charge in [-0.3, -0.25) is 9.27 Å². The first-order chi connectivity index (χ1) is 12.2. The lowest BCUT2D eigenvalue weighted by molar-refractivity contribution is -0.0226. The summed E-state index contributed by atoms with van der Waals surface area (Å²) < 4.78 is 39.1. The number of methoxy groups -OCH3 is 1. The SMILES string of the molecule is COc1cc2c(cc1NS(=O)(=O)O)CC[C@@H]1[C@@H]2CC[C@]2(C)C(O)CC[C@@H]12. The summed E-state index contributed by atoms with van der Waals surface area (Å²) in [4.78, 5) is 0. The van der Waals surface area contributed by atoms with Crippen LogP contribution in [0.15, 0.2) is 12.1 Å². The Hall–Kier alpha value is -1.31. The molecule has 0 aliphatic heterocycles. The van der Waals surface area contributed by atoms with Crippen molar-refractivity contribution in [1.29, 1.82) is 0 Å². The van der Waals surface area contributed by atoms with Crippen LogP contribution in [0.25, 0.3) is 0 Å². The number of ether oxygens (including phenoxy) is 1. The van der Waals surface area contributed by atoms with Crippen LogP contribution in [-0.2, 0) is 16.7 Å². The molecule has 0 radical (unpaired) electrons. The van der Waals surface area contributed by atoms with Crippen molar-refractivity contribution in [2.24, 2.45) is 17.3 Å². The first-order valence-electron chi connectivity index (χ1n) is 9.37. The number of aliphatic hydroxyl groups excluding tert-OH is 1. The van der Waals surface area contributed by atoms with Crippen molar-refractivity contribution in [2.45, 2.75) is 57.5 Å². The minimum absolute atomic E-state index is 0.0369. The molecule has 0 aromatic heterocycles. The number of anilines is 1. The van der Waals surface area contributed by atoms with Crippen LogP contribution in [0.2, 0.25) is 0 Å². The van der Waals surface area contributed by atoms with Gasteiger partial charge in [0.2, 0.25) is 0 Å². The van der Waals surface area contributed by atoms with E-state index in [0.29, 0.717) is 23.5 Å². The summed E-state index contributed by atoms with van der Waals surface area (Å²) in [7, 11) is -2.84. The molecular formula is C19H27NO5S. The number of aryl methyl sites for hydroxylation is 1. The first-order valence-corrected chi connectivity index (χ1v) is 10.8. The number of benzene rings is 1. The maximum absolute atomic E-state index is 11.2. The number of hydrogen-bond acceptors (Lipinski definition) is 4. The Morgan fingerprint density at radius 1 is 1.23 bits per heavy atom. The normalized spacial score (nSPS) is 36.0. The zero-order valence-electron chi connectivity index (χ0n) is 15.2. The van der Waals surface area contributed by atoms with Crippen molar-refractivity contribution in [3.63, 3.8) is 0 Å². The Kier molecular flexibility index (Phi) is 4.24. The molecule has 1 unspecified atom stereocenters. The van der Waals surface area contributed by atoms with Crippen molar-refractivity contribution in [3.8, 4) is 5.75 Å². The van der Waals surface area contributed by atoms with Crippen LogP contribution in [-0.4, -0.2) is 31.3 Å². The molecule has 2 saturated carbocycles. The Balaban J connectivity index is 1.70. The summed E-state index contributed by atoms with van der Waals surface area (Å²) in [6.07, 6.45) is 5.80. The van der Waals surface area contributed by atoms with Crippen molar-refractivity contribution in [1.82, 2.24) is 0 Å². The second-order valence-corrected chi connectivity index (χ2v) is 9.54. The average molecular weight is 381 g/mol. The van der Waals surface area contributed by atoms with Crippen LogP contribution in [0.3, 0.4) is 0 Å². The maximum atomic E-state index is 11.2. The van der Waals surface area contributed by atoms with Crippen LogP contribution >= 0.6 is 0 Å². The Labute approximate surface area is 154 Å². The highest BCUT2D eigenvalue weighted by Crippen LogP contribution is 2.61. The van der Waals surface area contributed by atoms with Crippen molar-refractivity contribution in [3.05, 3.63) is 23.3 Å². The monoisotopic (exact) mass is 381 g/mol. The summed E-state index contributed by atoms with van der Waals surface area (Å²) >= 11 is 0. The highest BCUT2D eigenvalue weighted by Gasteiger charge is 2.54. The smallest absolute Gasteiger partial charge is 0.357 e. The van der Waals surface area contributed by atoms with Crippen LogP contribution in [0, 0.1) is 17.3 Å². The molecule has 3 aliphatic carbocycles. The molecule has 4 rings (SSSR count). The van der Waals surface area contributed by atoms with Gasteiger partial charge in [0.1, 0.15) is 5.75 Å². The molecule has 0 bridgehead atoms. The highest BCUT2D eigenvalue weighted by molar-refractivity contribution is 7.87. The van der Waals surface area contributed by atoms with Gasteiger partial charge in [0.25, 0.3) is 0 Å². The molecule has 3 N–H and O–H groups in total. The van der Waals surface area contributed by atoms with E-state index in [9.17, 15) is 13.5 Å². The number of aliphatic hydroxyl groups is 1. The van der Waals surface area contributed by atoms with Gasteiger partial charge in [-0.25, -0.2) is 0 Å². The fourth-order valence-corrected chi connectivity index (χ4v) is 6.40. The van der Waals surface area contributed by atoms with E-state index >= 15 is 0 Å². The van der Waals surface area contributed by atoms with Gasteiger partial charge in [0.15, 0.2) is 0 Å². The van der Waals surface area contributed by atoms with E-state index < -0.39 is 10.3 Å².